The lowest BCUT2D eigenvalue weighted by Gasteiger charge is -2.24. The Morgan fingerprint density at radius 1 is 1.35 bits per heavy atom. The molecule has 8 heteroatoms. The van der Waals surface area contributed by atoms with Gasteiger partial charge in [0.15, 0.2) is 5.58 Å². The zero-order valence-electron chi connectivity index (χ0n) is 12.5. The number of rotatable bonds is 3. The quantitative estimate of drug-likeness (QED) is 0.897. The van der Waals surface area contributed by atoms with Crippen molar-refractivity contribution in [2.24, 2.45) is 0 Å². The van der Waals surface area contributed by atoms with Crippen molar-refractivity contribution in [3.05, 3.63) is 28.1 Å². The van der Waals surface area contributed by atoms with Gasteiger partial charge in [0, 0.05) is 19.2 Å². The molecule has 1 saturated carbocycles. The van der Waals surface area contributed by atoms with Gasteiger partial charge in [-0.2, -0.15) is 0 Å². The first kappa shape index (κ1) is 15.5. The molecule has 1 aliphatic rings. The molecule has 2 amide bonds. The average Bonchev–Trinajstić information content (AvgIpc) is 3.13. The summed E-state index contributed by atoms with van der Waals surface area (Å²) in [7, 11) is 1.77. The second kappa shape index (κ2) is 6.04. The number of carbonyl (C=O) groups excluding carboxylic acids is 1. The van der Waals surface area contributed by atoms with Crippen molar-refractivity contribution in [2.75, 3.05) is 12.4 Å². The van der Waals surface area contributed by atoms with Crippen LogP contribution < -0.4 is 10.9 Å². The van der Waals surface area contributed by atoms with Crippen LogP contribution in [-0.4, -0.2) is 35.1 Å². The van der Waals surface area contributed by atoms with E-state index in [4.69, 9.17) is 9.52 Å². The second-order valence-corrected chi connectivity index (χ2v) is 6.65. The van der Waals surface area contributed by atoms with Gasteiger partial charge in [-0.1, -0.05) is 12.8 Å². The first-order chi connectivity index (χ1) is 11.0. The molecular weight excluding hydrogens is 320 g/mol. The van der Waals surface area contributed by atoms with Crippen LogP contribution in [-0.2, 0) is 0 Å². The van der Waals surface area contributed by atoms with Crippen molar-refractivity contribution < 1.29 is 19.1 Å². The Labute approximate surface area is 135 Å². The van der Waals surface area contributed by atoms with E-state index in [1.54, 1.807) is 11.9 Å². The number of aromatic carboxylic acids is 1. The number of carbonyl (C=O) groups is 2. The number of hydrogen-bond donors (Lipinski definition) is 2. The minimum absolute atomic E-state index is 0.218. The van der Waals surface area contributed by atoms with Gasteiger partial charge in [0.25, 0.3) is 0 Å². The maximum atomic E-state index is 12.3. The van der Waals surface area contributed by atoms with Crippen molar-refractivity contribution in [1.82, 2.24) is 4.90 Å². The molecule has 122 valence electrons. The van der Waals surface area contributed by atoms with E-state index >= 15 is 0 Å². The average molecular weight is 336 g/mol. The van der Waals surface area contributed by atoms with Crippen LogP contribution >= 0.6 is 11.3 Å². The molecule has 0 unspecified atom stereocenters. The lowest BCUT2D eigenvalue weighted by Crippen LogP contribution is -2.38. The summed E-state index contributed by atoms with van der Waals surface area (Å²) in [6, 6.07) is 2.84. The van der Waals surface area contributed by atoms with E-state index in [1.165, 1.54) is 23.5 Å². The van der Waals surface area contributed by atoms with Crippen LogP contribution in [0.5, 0.6) is 0 Å². The molecule has 2 aromatic heterocycles. The number of nitrogens with one attached hydrogen (secondary N) is 1. The fourth-order valence-electron chi connectivity index (χ4n) is 2.78. The molecule has 0 radical (unpaired) electrons. The van der Waals surface area contributed by atoms with E-state index < -0.39 is 17.2 Å². The third-order valence-electron chi connectivity index (χ3n) is 4.08. The minimum Gasteiger partial charge on any atom is -0.477 e. The van der Waals surface area contributed by atoms with Crippen LogP contribution in [0.1, 0.15) is 36.0 Å². The summed E-state index contributed by atoms with van der Waals surface area (Å²) in [5.41, 5.74) is -1.05. The largest absolute Gasteiger partial charge is 0.477 e. The molecule has 0 aliphatic heterocycles. The Bertz CT molecular complexity index is 819. The first-order valence-electron chi connectivity index (χ1n) is 7.30. The Morgan fingerprint density at radius 2 is 2.04 bits per heavy atom. The molecule has 0 atom stereocenters. The van der Waals surface area contributed by atoms with Crippen LogP contribution in [0.15, 0.2) is 21.3 Å². The summed E-state index contributed by atoms with van der Waals surface area (Å²) < 4.78 is 5.49. The molecule has 0 aromatic carbocycles. The van der Waals surface area contributed by atoms with Crippen molar-refractivity contribution >= 4 is 38.6 Å². The fourth-order valence-corrected chi connectivity index (χ4v) is 3.69. The molecule has 1 aliphatic carbocycles. The number of urea groups is 1. The number of carboxylic acid groups (broad SMARTS) is 1. The molecule has 0 saturated heterocycles. The molecule has 2 aromatic rings. The number of amides is 2. The van der Waals surface area contributed by atoms with Crippen LogP contribution in [0.2, 0.25) is 0 Å². The van der Waals surface area contributed by atoms with Crippen molar-refractivity contribution in [2.45, 2.75) is 31.7 Å². The monoisotopic (exact) mass is 336 g/mol. The maximum absolute atomic E-state index is 12.3. The molecule has 0 spiro atoms. The van der Waals surface area contributed by atoms with Gasteiger partial charge in [0.1, 0.15) is 10.6 Å². The molecule has 1 fully saturated rings. The standard InChI is InChI=1S/C15H16N2O5S/c1-17(8-4-2-3-5-8)15(21)16-12-7-10-11(23-12)6-9(13(18)19)14(20)22-10/h6-8H,2-5H2,1H3,(H,16,21)(H,18,19). The topological polar surface area (TPSA) is 99.9 Å². The summed E-state index contributed by atoms with van der Waals surface area (Å²) in [6.45, 7) is 0. The number of fused-ring (bicyclic) bond motifs is 1. The lowest BCUT2D eigenvalue weighted by molar-refractivity contribution is 0.0692. The molecular formula is C15H16N2O5S. The molecule has 23 heavy (non-hydrogen) atoms. The van der Waals surface area contributed by atoms with E-state index in [0.29, 0.717) is 9.70 Å². The summed E-state index contributed by atoms with van der Waals surface area (Å²) in [5.74, 6) is -1.33. The smallest absolute Gasteiger partial charge is 0.351 e. The van der Waals surface area contributed by atoms with Gasteiger partial charge in [-0.15, -0.1) is 11.3 Å². The number of carboxylic acids is 1. The van der Waals surface area contributed by atoms with E-state index in [0.717, 1.165) is 25.7 Å². The van der Waals surface area contributed by atoms with Crippen molar-refractivity contribution in [1.29, 1.82) is 0 Å². The van der Waals surface area contributed by atoms with Gasteiger partial charge in [-0.25, -0.2) is 14.4 Å². The maximum Gasteiger partial charge on any atom is 0.351 e. The molecule has 0 bridgehead atoms. The van der Waals surface area contributed by atoms with E-state index in [-0.39, 0.29) is 17.7 Å². The van der Waals surface area contributed by atoms with E-state index in [1.807, 2.05) is 0 Å². The SMILES string of the molecule is CN(C(=O)Nc1cc2oc(=O)c(C(=O)O)cc2s1)C1CCCC1. The van der Waals surface area contributed by atoms with Gasteiger partial charge in [0.2, 0.25) is 0 Å². The first-order valence-corrected chi connectivity index (χ1v) is 8.12. The van der Waals surface area contributed by atoms with Crippen LogP contribution in [0.25, 0.3) is 10.3 Å². The predicted octanol–water partition coefficient (Wildman–Crippen LogP) is 2.96. The van der Waals surface area contributed by atoms with E-state index in [2.05, 4.69) is 5.32 Å². The van der Waals surface area contributed by atoms with Crippen LogP contribution in [0.3, 0.4) is 0 Å². The summed E-state index contributed by atoms with van der Waals surface area (Å²) in [6.07, 6.45) is 4.28. The summed E-state index contributed by atoms with van der Waals surface area (Å²) in [5, 5.41) is 12.2. The highest BCUT2D eigenvalue weighted by molar-refractivity contribution is 7.22. The van der Waals surface area contributed by atoms with Crippen molar-refractivity contribution in [3.63, 3.8) is 0 Å². The highest BCUT2D eigenvalue weighted by Crippen LogP contribution is 2.30. The molecule has 3 rings (SSSR count). The minimum atomic E-state index is -1.33. The van der Waals surface area contributed by atoms with Gasteiger partial charge in [-0.3, -0.25) is 5.32 Å². The summed E-state index contributed by atoms with van der Waals surface area (Å²) >= 11 is 1.17. The highest BCUT2D eigenvalue weighted by atomic mass is 32.1. The van der Waals surface area contributed by atoms with Gasteiger partial charge >= 0.3 is 17.6 Å². The number of anilines is 1. The van der Waals surface area contributed by atoms with Crippen LogP contribution in [0, 0.1) is 0 Å². The van der Waals surface area contributed by atoms with Gasteiger partial charge in [0.05, 0.1) is 4.70 Å². The molecule has 2 heterocycles. The summed E-state index contributed by atoms with van der Waals surface area (Å²) in [4.78, 5) is 36.4. The predicted molar refractivity (Wildman–Crippen MR) is 86.4 cm³/mol. The lowest BCUT2D eigenvalue weighted by atomic mass is 10.2. The second-order valence-electron chi connectivity index (χ2n) is 5.57. The fraction of sp³-hybridized carbons (Fsp3) is 0.400. The van der Waals surface area contributed by atoms with Crippen molar-refractivity contribution in [3.8, 4) is 0 Å². The number of hydrogen-bond acceptors (Lipinski definition) is 5. The third-order valence-corrected chi connectivity index (χ3v) is 5.06. The molecule has 2 N–H and O–H groups in total. The zero-order chi connectivity index (χ0) is 16.6. The van der Waals surface area contributed by atoms with Gasteiger partial charge in [-0.05, 0) is 18.9 Å². The Morgan fingerprint density at radius 3 is 2.70 bits per heavy atom. The Hall–Kier alpha value is -2.35. The Kier molecular flexibility index (Phi) is 4.08. The van der Waals surface area contributed by atoms with E-state index in [9.17, 15) is 14.4 Å². The Balaban J connectivity index is 1.81. The molecule has 7 nitrogen and oxygen atoms in total. The highest BCUT2D eigenvalue weighted by Gasteiger charge is 2.24. The van der Waals surface area contributed by atoms with Gasteiger partial charge < -0.3 is 14.4 Å². The number of nitrogens with zero attached hydrogens (tertiary/aromatic N) is 1. The normalized spacial score (nSPS) is 15.0. The third kappa shape index (κ3) is 3.07. The zero-order valence-corrected chi connectivity index (χ0v) is 13.3. The number of thiophene rings is 1. The van der Waals surface area contributed by atoms with Crippen LogP contribution in [0.4, 0.5) is 9.80 Å².